The summed E-state index contributed by atoms with van der Waals surface area (Å²) in [5, 5.41) is 7.23. The fraction of sp³-hybridized carbons (Fsp3) is 0.500. The topological polar surface area (TPSA) is 77.8 Å². The molecule has 1 N–H and O–H groups in total. The fourth-order valence-corrected chi connectivity index (χ4v) is 1.65. The maximum atomic E-state index is 5.87. The number of anilines is 1. The summed E-state index contributed by atoms with van der Waals surface area (Å²) in [5.41, 5.74) is 0. The minimum atomic E-state index is 0.125. The second kappa shape index (κ2) is 7.76. The van der Waals surface area contributed by atoms with Crippen molar-refractivity contribution >= 4 is 17.5 Å². The van der Waals surface area contributed by atoms with Crippen LogP contribution in [0.5, 0.6) is 0 Å². The molecule has 0 bridgehead atoms. The van der Waals surface area contributed by atoms with Gasteiger partial charge in [-0.05, 0) is 24.1 Å². The Morgan fingerprint density at radius 3 is 2.95 bits per heavy atom. The maximum Gasteiger partial charge on any atom is 0.256 e. The van der Waals surface area contributed by atoms with Crippen LogP contribution in [0.1, 0.15) is 19.8 Å². The van der Waals surface area contributed by atoms with Crippen molar-refractivity contribution < 1.29 is 4.74 Å². The van der Waals surface area contributed by atoms with Crippen LogP contribution >= 0.6 is 11.6 Å². The number of hydrogen-bond acceptors (Lipinski definition) is 6. The quantitative estimate of drug-likeness (QED) is 0.750. The van der Waals surface area contributed by atoms with E-state index in [-0.39, 0.29) is 5.28 Å². The Labute approximate surface area is 122 Å². The highest BCUT2D eigenvalue weighted by molar-refractivity contribution is 6.28. The van der Waals surface area contributed by atoms with Gasteiger partial charge in [-0.25, -0.2) is 4.68 Å². The third-order valence-corrected chi connectivity index (χ3v) is 2.65. The van der Waals surface area contributed by atoms with E-state index in [0.717, 1.165) is 19.4 Å². The Kier molecular flexibility index (Phi) is 5.69. The predicted molar refractivity (Wildman–Crippen MR) is 76.2 cm³/mol. The lowest BCUT2D eigenvalue weighted by atomic mass is 10.4. The second-order valence-electron chi connectivity index (χ2n) is 4.07. The van der Waals surface area contributed by atoms with Crippen molar-refractivity contribution in [1.82, 2.24) is 24.7 Å². The highest BCUT2D eigenvalue weighted by Crippen LogP contribution is 2.08. The number of ether oxygens (including phenoxy) is 1. The largest absolute Gasteiger partial charge is 0.380 e. The van der Waals surface area contributed by atoms with Gasteiger partial charge in [0.05, 0.1) is 6.61 Å². The van der Waals surface area contributed by atoms with E-state index in [9.17, 15) is 0 Å². The molecule has 20 heavy (non-hydrogen) atoms. The standard InChI is InChI=1S/C12H17ClN6O/c1-2-3-8-20-9-6-14-11-16-10(13)17-12(18-11)19-7-4-5-15-19/h4-5,7H,2-3,6,8-9H2,1H3,(H,14,16,17,18). The molecule has 0 aliphatic heterocycles. The summed E-state index contributed by atoms with van der Waals surface area (Å²) in [6.07, 6.45) is 5.58. The molecule has 0 amide bonds. The van der Waals surface area contributed by atoms with Crippen molar-refractivity contribution in [3.8, 4) is 5.95 Å². The van der Waals surface area contributed by atoms with Gasteiger partial charge in [0.2, 0.25) is 11.2 Å². The first-order chi connectivity index (χ1) is 9.79. The first-order valence-corrected chi connectivity index (χ1v) is 6.90. The number of nitrogens with one attached hydrogen (secondary N) is 1. The van der Waals surface area contributed by atoms with Gasteiger partial charge in [0.1, 0.15) is 0 Å². The summed E-state index contributed by atoms with van der Waals surface area (Å²) in [6.45, 7) is 4.11. The molecule has 2 aromatic heterocycles. The Morgan fingerprint density at radius 1 is 1.30 bits per heavy atom. The van der Waals surface area contributed by atoms with Crippen molar-refractivity contribution in [1.29, 1.82) is 0 Å². The van der Waals surface area contributed by atoms with E-state index in [0.29, 0.717) is 25.0 Å². The molecule has 0 atom stereocenters. The van der Waals surface area contributed by atoms with Crippen LogP contribution in [0.2, 0.25) is 5.28 Å². The van der Waals surface area contributed by atoms with E-state index in [2.05, 4.69) is 32.3 Å². The lowest BCUT2D eigenvalue weighted by Gasteiger charge is -2.07. The predicted octanol–water partition coefficient (Wildman–Crippen LogP) is 1.94. The first kappa shape index (κ1) is 14.7. The van der Waals surface area contributed by atoms with Crippen LogP contribution < -0.4 is 5.32 Å². The van der Waals surface area contributed by atoms with Gasteiger partial charge in [-0.3, -0.25) is 0 Å². The van der Waals surface area contributed by atoms with Gasteiger partial charge >= 0.3 is 0 Å². The van der Waals surface area contributed by atoms with Crippen LogP contribution in [0.25, 0.3) is 5.95 Å². The van der Waals surface area contributed by atoms with Crippen LogP contribution in [0.3, 0.4) is 0 Å². The SMILES string of the molecule is CCCCOCCNc1nc(Cl)nc(-n2cccn2)n1. The average molecular weight is 297 g/mol. The van der Waals surface area contributed by atoms with E-state index >= 15 is 0 Å². The molecule has 0 fully saturated rings. The van der Waals surface area contributed by atoms with Gasteiger partial charge in [-0.15, -0.1) is 0 Å². The molecule has 0 saturated heterocycles. The highest BCUT2D eigenvalue weighted by atomic mass is 35.5. The van der Waals surface area contributed by atoms with Crippen LogP contribution in [-0.4, -0.2) is 44.5 Å². The molecule has 0 aliphatic rings. The van der Waals surface area contributed by atoms with Crippen LogP contribution in [0, 0.1) is 0 Å². The second-order valence-corrected chi connectivity index (χ2v) is 4.41. The smallest absolute Gasteiger partial charge is 0.256 e. The van der Waals surface area contributed by atoms with Crippen molar-refractivity contribution in [2.45, 2.75) is 19.8 Å². The lowest BCUT2D eigenvalue weighted by Crippen LogP contribution is -2.14. The summed E-state index contributed by atoms with van der Waals surface area (Å²) >= 11 is 5.87. The minimum absolute atomic E-state index is 0.125. The zero-order chi connectivity index (χ0) is 14.2. The maximum absolute atomic E-state index is 5.87. The van der Waals surface area contributed by atoms with Gasteiger partial charge in [-0.1, -0.05) is 13.3 Å². The molecule has 0 aromatic carbocycles. The van der Waals surface area contributed by atoms with Gasteiger partial charge in [0.25, 0.3) is 5.95 Å². The third kappa shape index (κ3) is 4.43. The van der Waals surface area contributed by atoms with Crippen molar-refractivity contribution in [3.05, 3.63) is 23.7 Å². The fourth-order valence-electron chi connectivity index (χ4n) is 1.49. The molecule has 108 valence electrons. The molecule has 0 aliphatic carbocycles. The molecule has 0 saturated carbocycles. The normalized spacial score (nSPS) is 10.7. The molecule has 2 rings (SSSR count). The Balaban J connectivity index is 1.88. The van der Waals surface area contributed by atoms with Crippen LogP contribution in [0.15, 0.2) is 18.5 Å². The molecule has 0 spiro atoms. The summed E-state index contributed by atoms with van der Waals surface area (Å²) < 4.78 is 6.97. The van der Waals surface area contributed by atoms with E-state index in [1.807, 2.05) is 0 Å². The zero-order valence-electron chi connectivity index (χ0n) is 11.3. The number of unbranched alkanes of at least 4 members (excludes halogenated alkanes) is 1. The molecular formula is C12H17ClN6O. The van der Waals surface area contributed by atoms with Gasteiger partial charge in [0, 0.05) is 25.5 Å². The molecule has 2 aromatic rings. The number of nitrogens with zero attached hydrogens (tertiary/aromatic N) is 5. The van der Waals surface area contributed by atoms with Gasteiger partial charge in [-0.2, -0.15) is 20.1 Å². The summed E-state index contributed by atoms with van der Waals surface area (Å²) in [4.78, 5) is 12.3. The first-order valence-electron chi connectivity index (χ1n) is 6.53. The van der Waals surface area contributed by atoms with Gasteiger partial charge in [0.15, 0.2) is 0 Å². The Morgan fingerprint density at radius 2 is 2.20 bits per heavy atom. The molecule has 0 radical (unpaired) electrons. The van der Waals surface area contributed by atoms with Crippen LogP contribution in [0.4, 0.5) is 5.95 Å². The summed E-state index contributed by atoms with van der Waals surface area (Å²) in [5.74, 6) is 0.791. The molecule has 0 unspecified atom stereocenters. The molecule has 8 heteroatoms. The Bertz CT molecular complexity index is 519. The zero-order valence-corrected chi connectivity index (χ0v) is 12.0. The highest BCUT2D eigenvalue weighted by Gasteiger charge is 2.06. The molecule has 7 nitrogen and oxygen atoms in total. The van der Waals surface area contributed by atoms with Gasteiger partial charge < -0.3 is 10.1 Å². The van der Waals surface area contributed by atoms with E-state index in [4.69, 9.17) is 16.3 Å². The lowest BCUT2D eigenvalue weighted by molar-refractivity contribution is 0.141. The average Bonchev–Trinajstić information content (AvgIpc) is 2.96. The number of hydrogen-bond donors (Lipinski definition) is 1. The minimum Gasteiger partial charge on any atom is -0.380 e. The van der Waals surface area contributed by atoms with Crippen molar-refractivity contribution in [3.63, 3.8) is 0 Å². The van der Waals surface area contributed by atoms with Crippen molar-refractivity contribution in [2.24, 2.45) is 0 Å². The number of rotatable bonds is 8. The third-order valence-electron chi connectivity index (χ3n) is 2.48. The van der Waals surface area contributed by atoms with Crippen LogP contribution in [-0.2, 0) is 4.74 Å². The molecule has 2 heterocycles. The van der Waals surface area contributed by atoms with E-state index < -0.39 is 0 Å². The summed E-state index contributed by atoms with van der Waals surface area (Å²) in [7, 11) is 0. The monoisotopic (exact) mass is 296 g/mol. The van der Waals surface area contributed by atoms with Crippen molar-refractivity contribution in [2.75, 3.05) is 25.1 Å². The van der Waals surface area contributed by atoms with E-state index in [1.54, 1.807) is 18.5 Å². The molecular weight excluding hydrogens is 280 g/mol. The Hall–Kier alpha value is -1.73. The van der Waals surface area contributed by atoms with E-state index in [1.165, 1.54) is 4.68 Å². The number of halogens is 1. The summed E-state index contributed by atoms with van der Waals surface area (Å²) in [6, 6.07) is 1.78. The number of aromatic nitrogens is 5.